The summed E-state index contributed by atoms with van der Waals surface area (Å²) in [5.74, 6) is 0. The zero-order chi connectivity index (χ0) is 10.1. The fraction of sp³-hybridized carbons (Fsp3) is 1.00. The van der Waals surface area contributed by atoms with Crippen molar-refractivity contribution in [2.24, 2.45) is 5.73 Å². The molecule has 1 unspecified atom stereocenters. The van der Waals surface area contributed by atoms with Gasteiger partial charge in [-0.2, -0.15) is 0 Å². The van der Waals surface area contributed by atoms with E-state index in [1.54, 1.807) is 0 Å². The molecule has 0 aromatic carbocycles. The smallest absolute Gasteiger partial charge is 0.0192 e. The minimum Gasteiger partial charge on any atom is -0.329 e. The Labute approximate surface area is 83.3 Å². The quantitative estimate of drug-likeness (QED) is 0.610. The molecule has 2 heteroatoms. The molecule has 0 aromatic heterocycles. The highest BCUT2D eigenvalue weighted by atomic mass is 15.0. The summed E-state index contributed by atoms with van der Waals surface area (Å²) >= 11 is 0. The second-order valence-corrected chi connectivity index (χ2v) is 3.75. The Morgan fingerprint density at radius 2 is 1.69 bits per heavy atom. The number of hydrogen-bond acceptors (Lipinski definition) is 2. The average Bonchev–Trinajstić information content (AvgIpc) is 2.19. The van der Waals surface area contributed by atoms with Crippen LogP contribution in [0.15, 0.2) is 0 Å². The van der Waals surface area contributed by atoms with Gasteiger partial charge in [-0.05, 0) is 19.3 Å². The van der Waals surface area contributed by atoms with Gasteiger partial charge in [0, 0.05) is 18.6 Å². The van der Waals surface area contributed by atoms with E-state index in [0.717, 1.165) is 6.54 Å². The molecule has 0 aromatic rings. The molecule has 0 radical (unpaired) electrons. The Kier molecular flexibility index (Phi) is 8.46. The Bertz CT molecular complexity index is 100. The monoisotopic (exact) mass is 186 g/mol. The van der Waals surface area contributed by atoms with Crippen molar-refractivity contribution < 1.29 is 0 Å². The molecule has 1 atom stereocenters. The summed E-state index contributed by atoms with van der Waals surface area (Å²) in [7, 11) is 0. The van der Waals surface area contributed by atoms with E-state index in [9.17, 15) is 0 Å². The summed E-state index contributed by atoms with van der Waals surface area (Å²) in [4.78, 5) is 0. The van der Waals surface area contributed by atoms with Gasteiger partial charge >= 0.3 is 0 Å². The van der Waals surface area contributed by atoms with Crippen LogP contribution in [0.5, 0.6) is 0 Å². The highest BCUT2D eigenvalue weighted by molar-refractivity contribution is 4.73. The minimum atomic E-state index is 0.532. The van der Waals surface area contributed by atoms with Crippen LogP contribution in [0.2, 0.25) is 0 Å². The van der Waals surface area contributed by atoms with Crippen LogP contribution >= 0.6 is 0 Å². The molecule has 0 heterocycles. The fourth-order valence-corrected chi connectivity index (χ4v) is 1.58. The van der Waals surface area contributed by atoms with Crippen molar-refractivity contribution in [2.45, 2.75) is 65.0 Å². The zero-order valence-corrected chi connectivity index (χ0v) is 9.47. The molecule has 13 heavy (non-hydrogen) atoms. The lowest BCUT2D eigenvalue weighted by atomic mass is 10.1. The minimum absolute atomic E-state index is 0.532. The summed E-state index contributed by atoms with van der Waals surface area (Å²) < 4.78 is 0. The lowest BCUT2D eigenvalue weighted by Crippen LogP contribution is -2.42. The third-order valence-electron chi connectivity index (χ3n) is 2.65. The second kappa shape index (κ2) is 8.52. The first-order chi connectivity index (χ1) is 6.28. The highest BCUT2D eigenvalue weighted by Crippen LogP contribution is 2.03. The molecule has 2 nitrogen and oxygen atoms in total. The third-order valence-corrected chi connectivity index (χ3v) is 2.65. The van der Waals surface area contributed by atoms with Crippen molar-refractivity contribution in [3.05, 3.63) is 0 Å². The van der Waals surface area contributed by atoms with Crippen LogP contribution in [0, 0.1) is 0 Å². The lowest BCUT2D eigenvalue weighted by molar-refractivity contribution is 0.388. The number of unbranched alkanes of at least 4 members (excludes halogenated alkanes) is 1. The van der Waals surface area contributed by atoms with Crippen LogP contribution in [0.1, 0.15) is 52.9 Å². The van der Waals surface area contributed by atoms with Crippen LogP contribution in [-0.2, 0) is 0 Å². The molecule has 0 saturated carbocycles. The van der Waals surface area contributed by atoms with Crippen molar-refractivity contribution >= 4 is 0 Å². The Morgan fingerprint density at radius 3 is 2.08 bits per heavy atom. The van der Waals surface area contributed by atoms with E-state index in [1.165, 1.54) is 32.1 Å². The molecular formula is C11H26N2. The van der Waals surface area contributed by atoms with E-state index in [0.29, 0.717) is 12.1 Å². The SMILES string of the molecule is CCCCC(CN)NC(CC)CC. The summed E-state index contributed by atoms with van der Waals surface area (Å²) in [6.07, 6.45) is 6.19. The Balaban J connectivity index is 3.67. The van der Waals surface area contributed by atoms with Crippen molar-refractivity contribution in [2.75, 3.05) is 6.54 Å². The molecule has 0 spiro atoms. The highest BCUT2D eigenvalue weighted by Gasteiger charge is 2.10. The predicted molar refractivity (Wildman–Crippen MR) is 59.9 cm³/mol. The first kappa shape index (κ1) is 12.9. The van der Waals surface area contributed by atoms with Gasteiger partial charge < -0.3 is 11.1 Å². The van der Waals surface area contributed by atoms with Gasteiger partial charge in [-0.3, -0.25) is 0 Å². The van der Waals surface area contributed by atoms with Crippen LogP contribution in [0.4, 0.5) is 0 Å². The van der Waals surface area contributed by atoms with E-state index in [4.69, 9.17) is 5.73 Å². The maximum Gasteiger partial charge on any atom is 0.0192 e. The molecule has 0 amide bonds. The van der Waals surface area contributed by atoms with E-state index < -0.39 is 0 Å². The van der Waals surface area contributed by atoms with Crippen molar-refractivity contribution in [1.29, 1.82) is 0 Å². The Morgan fingerprint density at radius 1 is 1.08 bits per heavy atom. The number of nitrogens with one attached hydrogen (secondary N) is 1. The van der Waals surface area contributed by atoms with Crippen molar-refractivity contribution in [1.82, 2.24) is 5.32 Å². The maximum absolute atomic E-state index is 5.71. The molecule has 0 fully saturated rings. The van der Waals surface area contributed by atoms with Crippen molar-refractivity contribution in [3.63, 3.8) is 0 Å². The van der Waals surface area contributed by atoms with Gasteiger partial charge in [0.25, 0.3) is 0 Å². The molecule has 0 aliphatic carbocycles. The van der Waals surface area contributed by atoms with Gasteiger partial charge in [-0.15, -0.1) is 0 Å². The topological polar surface area (TPSA) is 38.0 Å². The number of hydrogen-bond donors (Lipinski definition) is 2. The normalized spacial score (nSPS) is 13.6. The Hall–Kier alpha value is -0.0800. The molecule has 80 valence electrons. The van der Waals surface area contributed by atoms with Gasteiger partial charge in [0.2, 0.25) is 0 Å². The van der Waals surface area contributed by atoms with E-state index in [1.807, 2.05) is 0 Å². The summed E-state index contributed by atoms with van der Waals surface area (Å²) in [6, 6.07) is 1.19. The molecule has 0 aliphatic heterocycles. The van der Waals surface area contributed by atoms with Crippen LogP contribution in [0.3, 0.4) is 0 Å². The maximum atomic E-state index is 5.71. The predicted octanol–water partition coefficient (Wildman–Crippen LogP) is 2.28. The average molecular weight is 186 g/mol. The van der Waals surface area contributed by atoms with E-state index >= 15 is 0 Å². The summed E-state index contributed by atoms with van der Waals surface area (Å²) in [6.45, 7) is 7.46. The zero-order valence-electron chi connectivity index (χ0n) is 9.47. The van der Waals surface area contributed by atoms with Gasteiger partial charge in [0.1, 0.15) is 0 Å². The lowest BCUT2D eigenvalue weighted by Gasteiger charge is -2.22. The largest absolute Gasteiger partial charge is 0.329 e. The second-order valence-electron chi connectivity index (χ2n) is 3.75. The molecule has 0 rings (SSSR count). The summed E-state index contributed by atoms with van der Waals surface area (Å²) in [5.41, 5.74) is 5.71. The molecule has 0 aliphatic rings. The van der Waals surface area contributed by atoms with Crippen LogP contribution in [-0.4, -0.2) is 18.6 Å². The van der Waals surface area contributed by atoms with Gasteiger partial charge in [0.05, 0.1) is 0 Å². The fourth-order valence-electron chi connectivity index (χ4n) is 1.58. The molecular weight excluding hydrogens is 160 g/mol. The molecule has 3 N–H and O–H groups in total. The molecule has 0 saturated heterocycles. The van der Waals surface area contributed by atoms with Gasteiger partial charge in [-0.25, -0.2) is 0 Å². The van der Waals surface area contributed by atoms with E-state index in [-0.39, 0.29) is 0 Å². The van der Waals surface area contributed by atoms with Gasteiger partial charge in [-0.1, -0.05) is 33.6 Å². The van der Waals surface area contributed by atoms with Crippen molar-refractivity contribution in [3.8, 4) is 0 Å². The third kappa shape index (κ3) is 6.05. The molecule has 0 bridgehead atoms. The number of rotatable bonds is 8. The van der Waals surface area contributed by atoms with Crippen LogP contribution in [0.25, 0.3) is 0 Å². The number of nitrogens with two attached hydrogens (primary N) is 1. The standard InChI is InChI=1S/C11H26N2/c1-4-7-8-11(9-12)13-10(5-2)6-3/h10-11,13H,4-9,12H2,1-3H3. The summed E-state index contributed by atoms with van der Waals surface area (Å²) in [5, 5.41) is 3.61. The van der Waals surface area contributed by atoms with E-state index in [2.05, 4.69) is 26.1 Å². The van der Waals surface area contributed by atoms with Crippen LogP contribution < -0.4 is 11.1 Å². The van der Waals surface area contributed by atoms with Gasteiger partial charge in [0.15, 0.2) is 0 Å². The first-order valence-corrected chi connectivity index (χ1v) is 5.74. The first-order valence-electron chi connectivity index (χ1n) is 5.74.